The molecule has 0 amide bonds. The normalized spacial score (nSPS) is 13.2. The molecular formula is C21H29NO2. The average Bonchev–Trinajstić information content (AvgIpc) is 2.55. The standard InChI is InChI=1S/C21H29NO2/c1-21(2,3)22(14-18-10-6-4-7-11-18)15-20(23)17-24-16-19-12-8-5-9-13-19/h4-13,20,23H,14-17H2,1-3H3. The molecule has 24 heavy (non-hydrogen) atoms. The minimum absolute atomic E-state index is 0.0176. The maximum Gasteiger partial charge on any atom is 0.0900 e. The van der Waals surface area contributed by atoms with Crippen molar-refractivity contribution in [3.8, 4) is 0 Å². The lowest BCUT2D eigenvalue weighted by Gasteiger charge is -2.37. The molecule has 0 radical (unpaired) electrons. The molecule has 3 nitrogen and oxygen atoms in total. The van der Waals surface area contributed by atoms with E-state index in [0.29, 0.717) is 19.8 Å². The second-order valence-electron chi connectivity index (χ2n) is 7.19. The highest BCUT2D eigenvalue weighted by Crippen LogP contribution is 2.18. The van der Waals surface area contributed by atoms with Gasteiger partial charge in [0.05, 0.1) is 19.3 Å². The lowest BCUT2D eigenvalue weighted by atomic mass is 10.0. The topological polar surface area (TPSA) is 32.7 Å². The van der Waals surface area contributed by atoms with Crippen molar-refractivity contribution in [1.29, 1.82) is 0 Å². The molecule has 0 aliphatic rings. The molecule has 0 fully saturated rings. The zero-order valence-electron chi connectivity index (χ0n) is 15.0. The van der Waals surface area contributed by atoms with E-state index in [4.69, 9.17) is 4.74 Å². The summed E-state index contributed by atoms with van der Waals surface area (Å²) in [5.41, 5.74) is 2.36. The van der Waals surface area contributed by atoms with Crippen LogP contribution in [0.4, 0.5) is 0 Å². The molecule has 1 unspecified atom stereocenters. The fraction of sp³-hybridized carbons (Fsp3) is 0.429. The van der Waals surface area contributed by atoms with E-state index in [0.717, 1.165) is 12.1 Å². The van der Waals surface area contributed by atoms with E-state index >= 15 is 0 Å². The number of hydrogen-bond donors (Lipinski definition) is 1. The molecule has 3 heteroatoms. The van der Waals surface area contributed by atoms with Gasteiger partial charge in [0, 0.05) is 18.6 Å². The molecule has 2 aromatic rings. The quantitative estimate of drug-likeness (QED) is 0.799. The molecule has 130 valence electrons. The first kappa shape index (κ1) is 18.7. The zero-order valence-corrected chi connectivity index (χ0v) is 15.0. The van der Waals surface area contributed by atoms with Crippen molar-refractivity contribution in [2.24, 2.45) is 0 Å². The Morgan fingerprint density at radius 2 is 1.46 bits per heavy atom. The third-order valence-corrected chi connectivity index (χ3v) is 4.02. The van der Waals surface area contributed by atoms with Gasteiger partial charge < -0.3 is 9.84 Å². The number of β-amino-alcohol motifs (C(OH)–C–C–N with tert-alkyl or cyclic N) is 1. The van der Waals surface area contributed by atoms with E-state index in [-0.39, 0.29) is 5.54 Å². The van der Waals surface area contributed by atoms with Crippen molar-refractivity contribution >= 4 is 0 Å². The summed E-state index contributed by atoms with van der Waals surface area (Å²) in [5.74, 6) is 0. The SMILES string of the molecule is CC(C)(C)N(Cc1ccccc1)CC(O)COCc1ccccc1. The van der Waals surface area contributed by atoms with Gasteiger partial charge in [-0.1, -0.05) is 60.7 Å². The van der Waals surface area contributed by atoms with Crippen LogP contribution in [-0.4, -0.2) is 34.8 Å². The van der Waals surface area contributed by atoms with E-state index in [1.807, 2.05) is 36.4 Å². The highest BCUT2D eigenvalue weighted by molar-refractivity contribution is 5.15. The van der Waals surface area contributed by atoms with Gasteiger partial charge in [-0.2, -0.15) is 0 Å². The highest BCUT2D eigenvalue weighted by Gasteiger charge is 2.24. The number of aliphatic hydroxyl groups excluding tert-OH is 1. The van der Waals surface area contributed by atoms with Crippen LogP contribution in [0.25, 0.3) is 0 Å². The van der Waals surface area contributed by atoms with Gasteiger partial charge in [0.1, 0.15) is 0 Å². The Bertz CT molecular complexity index is 578. The van der Waals surface area contributed by atoms with Crippen LogP contribution in [0.1, 0.15) is 31.9 Å². The molecular weight excluding hydrogens is 298 g/mol. The summed E-state index contributed by atoms with van der Waals surface area (Å²) in [7, 11) is 0. The van der Waals surface area contributed by atoms with Crippen LogP contribution in [0.15, 0.2) is 60.7 Å². The number of aliphatic hydroxyl groups is 1. The predicted molar refractivity (Wildman–Crippen MR) is 98.7 cm³/mol. The molecule has 0 bridgehead atoms. The van der Waals surface area contributed by atoms with Crippen molar-refractivity contribution < 1.29 is 9.84 Å². The van der Waals surface area contributed by atoms with Crippen LogP contribution in [0, 0.1) is 0 Å². The van der Waals surface area contributed by atoms with E-state index in [2.05, 4.69) is 49.9 Å². The number of hydrogen-bond acceptors (Lipinski definition) is 3. The fourth-order valence-electron chi connectivity index (χ4n) is 2.57. The van der Waals surface area contributed by atoms with Gasteiger partial charge in [0.25, 0.3) is 0 Å². The molecule has 2 rings (SSSR count). The monoisotopic (exact) mass is 327 g/mol. The van der Waals surface area contributed by atoms with Gasteiger partial charge >= 0.3 is 0 Å². The third-order valence-electron chi connectivity index (χ3n) is 4.02. The molecule has 0 aliphatic heterocycles. The van der Waals surface area contributed by atoms with Crippen molar-refractivity contribution in [2.45, 2.75) is 45.6 Å². The van der Waals surface area contributed by atoms with E-state index < -0.39 is 6.10 Å². The Labute approximate surface area is 145 Å². The molecule has 0 spiro atoms. The largest absolute Gasteiger partial charge is 0.389 e. The maximum absolute atomic E-state index is 10.4. The summed E-state index contributed by atoms with van der Waals surface area (Å²) in [6, 6.07) is 20.4. The molecule has 0 aromatic heterocycles. The smallest absolute Gasteiger partial charge is 0.0900 e. The van der Waals surface area contributed by atoms with Crippen LogP contribution in [0.5, 0.6) is 0 Å². The van der Waals surface area contributed by atoms with Crippen LogP contribution >= 0.6 is 0 Å². The van der Waals surface area contributed by atoms with E-state index in [1.165, 1.54) is 5.56 Å². The summed E-state index contributed by atoms with van der Waals surface area (Å²) in [4.78, 5) is 2.29. The predicted octanol–water partition coefficient (Wildman–Crippen LogP) is 3.86. The first-order valence-electron chi connectivity index (χ1n) is 8.54. The van der Waals surface area contributed by atoms with Gasteiger partial charge in [0.2, 0.25) is 0 Å². The van der Waals surface area contributed by atoms with Gasteiger partial charge in [-0.3, -0.25) is 4.90 Å². The van der Waals surface area contributed by atoms with Gasteiger partial charge in [-0.15, -0.1) is 0 Å². The first-order valence-corrected chi connectivity index (χ1v) is 8.54. The third kappa shape index (κ3) is 6.44. The molecule has 1 atom stereocenters. The highest BCUT2D eigenvalue weighted by atomic mass is 16.5. The Hall–Kier alpha value is -1.68. The summed E-state index contributed by atoms with van der Waals surface area (Å²) >= 11 is 0. The Morgan fingerprint density at radius 3 is 2.00 bits per heavy atom. The second-order valence-corrected chi connectivity index (χ2v) is 7.19. The molecule has 0 saturated heterocycles. The van der Waals surface area contributed by atoms with Crippen LogP contribution in [-0.2, 0) is 17.9 Å². The molecule has 0 heterocycles. The summed E-state index contributed by atoms with van der Waals surface area (Å²) in [5, 5.41) is 10.4. The first-order chi connectivity index (χ1) is 11.4. The number of ether oxygens (including phenoxy) is 1. The summed E-state index contributed by atoms with van der Waals surface area (Å²) in [6.07, 6.45) is -0.503. The minimum atomic E-state index is -0.503. The van der Waals surface area contributed by atoms with Gasteiger partial charge in [0.15, 0.2) is 0 Å². The lowest BCUT2D eigenvalue weighted by Crippen LogP contribution is -2.45. The van der Waals surface area contributed by atoms with Crippen LogP contribution in [0.3, 0.4) is 0 Å². The lowest BCUT2D eigenvalue weighted by molar-refractivity contribution is -0.00985. The van der Waals surface area contributed by atoms with Crippen LogP contribution < -0.4 is 0 Å². The molecule has 2 aromatic carbocycles. The van der Waals surface area contributed by atoms with Crippen molar-refractivity contribution in [2.75, 3.05) is 13.2 Å². The minimum Gasteiger partial charge on any atom is -0.389 e. The number of nitrogens with zero attached hydrogens (tertiary/aromatic N) is 1. The Balaban J connectivity index is 1.84. The maximum atomic E-state index is 10.4. The second kappa shape index (κ2) is 8.97. The van der Waals surface area contributed by atoms with Crippen molar-refractivity contribution in [1.82, 2.24) is 4.90 Å². The molecule has 1 N–H and O–H groups in total. The Morgan fingerprint density at radius 1 is 0.917 bits per heavy atom. The number of benzene rings is 2. The van der Waals surface area contributed by atoms with Gasteiger partial charge in [-0.05, 0) is 31.9 Å². The summed E-state index contributed by atoms with van der Waals surface area (Å²) in [6.45, 7) is 8.81. The summed E-state index contributed by atoms with van der Waals surface area (Å²) < 4.78 is 5.67. The average molecular weight is 327 g/mol. The molecule has 0 saturated carbocycles. The number of rotatable bonds is 8. The zero-order chi connectivity index (χ0) is 17.4. The van der Waals surface area contributed by atoms with Crippen molar-refractivity contribution in [3.63, 3.8) is 0 Å². The Kier molecular flexibility index (Phi) is 6.98. The van der Waals surface area contributed by atoms with E-state index in [9.17, 15) is 5.11 Å². The van der Waals surface area contributed by atoms with Gasteiger partial charge in [-0.25, -0.2) is 0 Å². The van der Waals surface area contributed by atoms with Crippen LogP contribution in [0.2, 0.25) is 0 Å². The van der Waals surface area contributed by atoms with E-state index in [1.54, 1.807) is 0 Å². The van der Waals surface area contributed by atoms with Crippen molar-refractivity contribution in [3.05, 3.63) is 71.8 Å². The molecule has 0 aliphatic carbocycles. The fourth-order valence-corrected chi connectivity index (χ4v) is 2.57.